The van der Waals surface area contributed by atoms with Crippen LogP contribution in [0.2, 0.25) is 0 Å². The maximum atomic E-state index is 4.91. The fourth-order valence-corrected chi connectivity index (χ4v) is 5.34. The molecule has 2 aliphatic rings. The van der Waals surface area contributed by atoms with Crippen LogP contribution in [0.3, 0.4) is 0 Å². The SMILES string of the molecule is CC(C)c1nc2n(n1)CC(C)C(C)CC2(C)C(C)C.CC(C)c1nc2n(n1)CCCC2C(C)C.CCC.CCC. The van der Waals surface area contributed by atoms with Gasteiger partial charge in [-0.2, -0.15) is 10.2 Å². The molecule has 4 heterocycles. The molecule has 40 heavy (non-hydrogen) atoms. The lowest BCUT2D eigenvalue weighted by Gasteiger charge is -2.33. The standard InChI is InChI=1S/C16H29N3.C12H21N3.2C3H8/c1-10(2)14-17-15-16(7,11(3)4)8-12(5)13(6)9-19(15)18-14;1-8(2)10-6-5-7-15-12(10)13-11(14-15)9(3)4;2*1-3-2/h10-13H,8-9H2,1-7H3;8-10H,5-7H2,1-4H3;2*3H2,1-2H3. The Morgan fingerprint density at radius 1 is 0.775 bits per heavy atom. The van der Waals surface area contributed by atoms with E-state index in [9.17, 15) is 0 Å². The van der Waals surface area contributed by atoms with E-state index in [4.69, 9.17) is 15.1 Å². The summed E-state index contributed by atoms with van der Waals surface area (Å²) in [7, 11) is 0. The first-order valence-electron chi connectivity index (χ1n) is 16.6. The molecular formula is C34H66N6. The minimum absolute atomic E-state index is 0.143. The molecule has 0 amide bonds. The third-order valence-corrected chi connectivity index (χ3v) is 8.42. The summed E-state index contributed by atoms with van der Waals surface area (Å²) in [5, 5.41) is 9.37. The average molecular weight is 559 g/mol. The second kappa shape index (κ2) is 16.7. The molecule has 0 saturated carbocycles. The number of rotatable bonds is 4. The van der Waals surface area contributed by atoms with Crippen LogP contribution in [0.1, 0.15) is 177 Å². The van der Waals surface area contributed by atoms with Crippen LogP contribution >= 0.6 is 0 Å². The van der Waals surface area contributed by atoms with Crippen molar-refractivity contribution in [2.45, 2.75) is 172 Å². The minimum atomic E-state index is 0.143. The Hall–Kier alpha value is -1.72. The molecule has 4 unspecified atom stereocenters. The highest BCUT2D eigenvalue weighted by Gasteiger charge is 2.41. The molecule has 4 rings (SSSR count). The lowest BCUT2D eigenvalue weighted by molar-refractivity contribution is 0.237. The Morgan fingerprint density at radius 2 is 1.27 bits per heavy atom. The van der Waals surface area contributed by atoms with Gasteiger partial charge in [-0.05, 0) is 42.9 Å². The molecule has 2 aromatic rings. The molecule has 2 aliphatic heterocycles. The van der Waals surface area contributed by atoms with Crippen molar-refractivity contribution in [3.05, 3.63) is 23.3 Å². The third kappa shape index (κ3) is 9.41. The van der Waals surface area contributed by atoms with Gasteiger partial charge in [-0.25, -0.2) is 19.3 Å². The zero-order chi connectivity index (χ0) is 30.8. The summed E-state index contributed by atoms with van der Waals surface area (Å²) in [6, 6.07) is 0. The largest absolute Gasteiger partial charge is 0.250 e. The van der Waals surface area contributed by atoms with Gasteiger partial charge < -0.3 is 0 Å². The van der Waals surface area contributed by atoms with Crippen LogP contribution in [0.15, 0.2) is 0 Å². The van der Waals surface area contributed by atoms with E-state index in [0.29, 0.717) is 35.5 Å². The minimum Gasteiger partial charge on any atom is -0.250 e. The molecule has 6 nitrogen and oxygen atoms in total. The number of hydrogen-bond acceptors (Lipinski definition) is 4. The van der Waals surface area contributed by atoms with Crippen LogP contribution in [-0.4, -0.2) is 29.5 Å². The Morgan fingerprint density at radius 3 is 1.75 bits per heavy atom. The van der Waals surface area contributed by atoms with Crippen molar-refractivity contribution in [1.29, 1.82) is 0 Å². The maximum absolute atomic E-state index is 4.91. The van der Waals surface area contributed by atoms with E-state index in [-0.39, 0.29) is 5.41 Å². The van der Waals surface area contributed by atoms with Gasteiger partial charge in [0.2, 0.25) is 0 Å². The molecular weight excluding hydrogens is 492 g/mol. The summed E-state index contributed by atoms with van der Waals surface area (Å²) in [5.74, 6) is 8.55. The molecule has 0 N–H and O–H groups in total. The van der Waals surface area contributed by atoms with E-state index in [1.165, 1.54) is 43.8 Å². The number of hydrogen-bond donors (Lipinski definition) is 0. The molecule has 232 valence electrons. The van der Waals surface area contributed by atoms with Gasteiger partial charge in [-0.1, -0.05) is 117 Å². The lowest BCUT2D eigenvalue weighted by Crippen LogP contribution is -2.32. The molecule has 6 heteroatoms. The van der Waals surface area contributed by atoms with E-state index in [2.05, 4.69) is 118 Å². The van der Waals surface area contributed by atoms with E-state index in [0.717, 1.165) is 30.7 Å². The van der Waals surface area contributed by atoms with Crippen LogP contribution in [0.5, 0.6) is 0 Å². The van der Waals surface area contributed by atoms with Gasteiger partial charge in [0, 0.05) is 36.3 Å². The molecule has 0 saturated heterocycles. The van der Waals surface area contributed by atoms with Crippen LogP contribution in [0.25, 0.3) is 0 Å². The van der Waals surface area contributed by atoms with E-state index in [1.807, 2.05) is 0 Å². The quantitative estimate of drug-likeness (QED) is 0.375. The first kappa shape index (κ1) is 36.3. The number of fused-ring (bicyclic) bond motifs is 2. The predicted molar refractivity (Wildman–Crippen MR) is 172 cm³/mol. The van der Waals surface area contributed by atoms with Gasteiger partial charge in [0.15, 0.2) is 11.6 Å². The Balaban J connectivity index is 0.000000340. The third-order valence-electron chi connectivity index (χ3n) is 8.42. The first-order valence-corrected chi connectivity index (χ1v) is 16.6. The van der Waals surface area contributed by atoms with Crippen molar-refractivity contribution in [3.63, 3.8) is 0 Å². The topological polar surface area (TPSA) is 61.4 Å². The van der Waals surface area contributed by atoms with E-state index >= 15 is 0 Å². The second-order valence-electron chi connectivity index (χ2n) is 14.0. The molecule has 0 aromatic carbocycles. The maximum Gasteiger partial charge on any atom is 0.153 e. The Kier molecular flexibility index (Phi) is 15.1. The van der Waals surface area contributed by atoms with Gasteiger partial charge in [-0.15, -0.1) is 0 Å². The summed E-state index contributed by atoms with van der Waals surface area (Å²) < 4.78 is 4.33. The summed E-state index contributed by atoms with van der Waals surface area (Å²) >= 11 is 0. The Labute approximate surface area is 248 Å². The fourth-order valence-electron chi connectivity index (χ4n) is 5.34. The summed E-state index contributed by atoms with van der Waals surface area (Å²) in [5.41, 5.74) is 0.143. The van der Waals surface area contributed by atoms with Gasteiger partial charge >= 0.3 is 0 Å². The molecule has 0 radical (unpaired) electrons. The van der Waals surface area contributed by atoms with Crippen molar-refractivity contribution in [2.75, 3.05) is 0 Å². The first-order chi connectivity index (χ1) is 18.7. The van der Waals surface area contributed by atoms with Crippen LogP contribution < -0.4 is 0 Å². The summed E-state index contributed by atoms with van der Waals surface area (Å²) in [6.45, 7) is 35.5. The number of aryl methyl sites for hydroxylation is 1. The number of nitrogens with zero attached hydrogens (tertiary/aromatic N) is 6. The fraction of sp³-hybridized carbons (Fsp3) is 0.882. The summed E-state index contributed by atoms with van der Waals surface area (Å²) in [6.07, 6.45) is 6.23. The molecule has 2 aromatic heterocycles. The average Bonchev–Trinajstić information content (AvgIpc) is 3.48. The van der Waals surface area contributed by atoms with E-state index < -0.39 is 0 Å². The highest BCUT2D eigenvalue weighted by Crippen LogP contribution is 2.42. The molecule has 0 spiro atoms. The highest BCUT2D eigenvalue weighted by atomic mass is 15.4. The van der Waals surface area contributed by atoms with Crippen LogP contribution in [0, 0.1) is 23.7 Å². The van der Waals surface area contributed by atoms with E-state index in [1.54, 1.807) is 0 Å². The van der Waals surface area contributed by atoms with Gasteiger partial charge in [0.1, 0.15) is 11.6 Å². The zero-order valence-corrected chi connectivity index (χ0v) is 29.2. The molecule has 0 bridgehead atoms. The van der Waals surface area contributed by atoms with Gasteiger partial charge in [0.25, 0.3) is 0 Å². The van der Waals surface area contributed by atoms with Crippen molar-refractivity contribution < 1.29 is 0 Å². The summed E-state index contributed by atoms with van der Waals surface area (Å²) in [4.78, 5) is 9.61. The van der Waals surface area contributed by atoms with Crippen molar-refractivity contribution in [1.82, 2.24) is 29.5 Å². The molecule has 0 aliphatic carbocycles. The van der Waals surface area contributed by atoms with Gasteiger partial charge in [-0.3, -0.25) is 0 Å². The monoisotopic (exact) mass is 559 g/mol. The second-order valence-corrected chi connectivity index (χ2v) is 14.0. The van der Waals surface area contributed by atoms with Gasteiger partial charge in [0.05, 0.1) is 0 Å². The predicted octanol–water partition coefficient (Wildman–Crippen LogP) is 9.76. The smallest absolute Gasteiger partial charge is 0.153 e. The molecule has 0 fully saturated rings. The lowest BCUT2D eigenvalue weighted by atomic mass is 9.71. The van der Waals surface area contributed by atoms with Crippen LogP contribution in [-0.2, 0) is 18.5 Å². The molecule has 4 atom stereocenters. The normalized spacial score (nSPS) is 23.8. The van der Waals surface area contributed by atoms with Crippen molar-refractivity contribution in [3.8, 4) is 0 Å². The Bertz CT molecular complexity index is 967. The van der Waals surface area contributed by atoms with Crippen LogP contribution in [0.4, 0.5) is 0 Å². The zero-order valence-electron chi connectivity index (χ0n) is 29.2. The van der Waals surface area contributed by atoms with Crippen molar-refractivity contribution in [2.24, 2.45) is 23.7 Å². The highest BCUT2D eigenvalue weighted by molar-refractivity contribution is 5.13. The van der Waals surface area contributed by atoms with Crippen molar-refractivity contribution >= 4 is 0 Å². The number of aromatic nitrogens is 6.